The van der Waals surface area contributed by atoms with Crippen molar-refractivity contribution in [2.45, 2.75) is 0 Å². The lowest BCUT2D eigenvalue weighted by Crippen LogP contribution is -1.93. The molecule has 0 bridgehead atoms. The Labute approximate surface area is 84.8 Å². The van der Waals surface area contributed by atoms with Gasteiger partial charge in [0.05, 0.1) is 14.9 Å². The van der Waals surface area contributed by atoms with Gasteiger partial charge in [0.2, 0.25) is 0 Å². The molecule has 0 saturated heterocycles. The summed E-state index contributed by atoms with van der Waals surface area (Å²) in [5.41, 5.74) is 0.470. The van der Waals surface area contributed by atoms with Crippen LogP contribution in [0.1, 0.15) is 0 Å². The average Bonchev–Trinajstić information content (AvgIpc) is 2.45. The molecule has 1 aromatic heterocycles. The van der Waals surface area contributed by atoms with E-state index in [1.807, 2.05) is 0 Å². The number of oxazole rings is 1. The molecule has 2 aromatic rings. The van der Waals surface area contributed by atoms with Crippen molar-refractivity contribution < 1.29 is 9.34 Å². The summed E-state index contributed by atoms with van der Waals surface area (Å²) in [7, 11) is 0. The van der Waals surface area contributed by atoms with Crippen molar-refractivity contribution in [2.24, 2.45) is 0 Å². The predicted octanol–water partition coefficient (Wildman–Crippen LogP) is 1.79. The highest BCUT2D eigenvalue weighted by Crippen LogP contribution is 2.27. The van der Waals surface area contributed by atoms with Gasteiger partial charge in [0.25, 0.3) is 5.69 Å². The van der Waals surface area contributed by atoms with E-state index in [-0.39, 0.29) is 11.3 Å². The summed E-state index contributed by atoms with van der Waals surface area (Å²) in [6, 6.07) is 2.52. The Morgan fingerprint density at radius 3 is 2.86 bits per heavy atom. The maximum Gasteiger partial charge on any atom is 0.417 e. The van der Waals surface area contributed by atoms with Gasteiger partial charge in [0.1, 0.15) is 0 Å². The molecule has 1 N–H and O–H groups in total. The van der Waals surface area contributed by atoms with Crippen LogP contribution in [0, 0.1) is 10.1 Å². The number of aromatic amines is 1. The van der Waals surface area contributed by atoms with Gasteiger partial charge in [-0.3, -0.25) is 15.1 Å². The lowest BCUT2D eigenvalue weighted by molar-refractivity contribution is -0.384. The Kier molecular flexibility index (Phi) is 1.88. The lowest BCUT2D eigenvalue weighted by Gasteiger charge is -1.92. The molecule has 1 aromatic carbocycles. The van der Waals surface area contributed by atoms with Crippen LogP contribution in [0.25, 0.3) is 11.1 Å². The minimum atomic E-state index is -0.638. The molecule has 0 aliphatic carbocycles. The molecule has 0 unspecified atom stereocenters. The lowest BCUT2D eigenvalue weighted by atomic mass is 10.3. The molecule has 72 valence electrons. The standard InChI is InChI=1S/C7H3BrN2O4/c8-4-1-3(10(12)13)2-5-6(4)14-7(11)9-5/h1-2H,(H,9,11). The maximum absolute atomic E-state index is 10.8. The zero-order valence-electron chi connectivity index (χ0n) is 6.61. The second kappa shape index (κ2) is 2.95. The molecule has 7 heteroatoms. The van der Waals surface area contributed by atoms with E-state index < -0.39 is 10.7 Å². The molecular formula is C7H3BrN2O4. The first kappa shape index (κ1) is 8.95. The third-order valence-electron chi connectivity index (χ3n) is 1.67. The largest absolute Gasteiger partial charge is 0.417 e. The van der Waals surface area contributed by atoms with Crippen LogP contribution in [-0.4, -0.2) is 9.91 Å². The van der Waals surface area contributed by atoms with E-state index in [0.717, 1.165) is 0 Å². The van der Waals surface area contributed by atoms with Crippen LogP contribution in [0.3, 0.4) is 0 Å². The van der Waals surface area contributed by atoms with E-state index in [2.05, 4.69) is 20.9 Å². The number of hydrogen-bond acceptors (Lipinski definition) is 4. The summed E-state index contributed by atoms with van der Waals surface area (Å²) in [6.07, 6.45) is 0. The highest BCUT2D eigenvalue weighted by atomic mass is 79.9. The second-order valence-corrected chi connectivity index (χ2v) is 3.43. The number of H-pyrrole nitrogens is 1. The summed E-state index contributed by atoms with van der Waals surface area (Å²) in [5, 5.41) is 10.5. The third kappa shape index (κ3) is 1.31. The first-order valence-electron chi connectivity index (χ1n) is 3.54. The zero-order valence-corrected chi connectivity index (χ0v) is 8.20. The van der Waals surface area contributed by atoms with Gasteiger partial charge in [-0.05, 0) is 15.9 Å². The number of aromatic nitrogens is 1. The smallest absolute Gasteiger partial charge is 0.407 e. The van der Waals surface area contributed by atoms with Crippen LogP contribution in [0.4, 0.5) is 5.69 Å². The van der Waals surface area contributed by atoms with Crippen molar-refractivity contribution in [3.63, 3.8) is 0 Å². The van der Waals surface area contributed by atoms with Crippen LogP contribution >= 0.6 is 15.9 Å². The molecule has 2 rings (SSSR count). The highest BCUT2D eigenvalue weighted by molar-refractivity contribution is 9.10. The summed E-state index contributed by atoms with van der Waals surface area (Å²) < 4.78 is 5.13. The fraction of sp³-hybridized carbons (Fsp3) is 0. The van der Waals surface area contributed by atoms with E-state index in [9.17, 15) is 14.9 Å². The molecule has 0 aliphatic rings. The van der Waals surface area contributed by atoms with E-state index in [0.29, 0.717) is 9.99 Å². The molecule has 0 atom stereocenters. The molecule has 0 fully saturated rings. The Morgan fingerprint density at radius 1 is 1.50 bits per heavy atom. The van der Waals surface area contributed by atoms with Gasteiger partial charge in [-0.2, -0.15) is 0 Å². The number of rotatable bonds is 1. The van der Waals surface area contributed by atoms with Gasteiger partial charge in [0, 0.05) is 12.1 Å². The normalized spacial score (nSPS) is 10.6. The van der Waals surface area contributed by atoms with E-state index in [1.165, 1.54) is 12.1 Å². The van der Waals surface area contributed by atoms with Crippen LogP contribution < -0.4 is 5.76 Å². The molecule has 14 heavy (non-hydrogen) atoms. The number of benzene rings is 1. The van der Waals surface area contributed by atoms with Gasteiger partial charge in [-0.1, -0.05) is 0 Å². The Morgan fingerprint density at radius 2 is 2.21 bits per heavy atom. The number of halogens is 1. The van der Waals surface area contributed by atoms with E-state index in [1.54, 1.807) is 0 Å². The van der Waals surface area contributed by atoms with Gasteiger partial charge in [0.15, 0.2) is 5.58 Å². The number of nitrogens with one attached hydrogen (secondary N) is 1. The first-order chi connectivity index (χ1) is 6.58. The summed E-state index contributed by atoms with van der Waals surface area (Å²) in [4.78, 5) is 23.1. The fourth-order valence-electron chi connectivity index (χ4n) is 1.11. The molecule has 0 aliphatic heterocycles. The summed E-state index contributed by atoms with van der Waals surface area (Å²) in [6.45, 7) is 0. The van der Waals surface area contributed by atoms with Crippen molar-refractivity contribution in [3.8, 4) is 0 Å². The molecular weight excluding hydrogens is 256 g/mol. The Hall–Kier alpha value is -1.63. The van der Waals surface area contributed by atoms with E-state index in [4.69, 9.17) is 4.42 Å². The summed E-state index contributed by atoms with van der Waals surface area (Å²) >= 11 is 3.07. The van der Waals surface area contributed by atoms with Gasteiger partial charge in [-0.15, -0.1) is 0 Å². The SMILES string of the molecule is O=c1[nH]c2cc([N+](=O)[O-])cc(Br)c2o1. The number of fused-ring (bicyclic) bond motifs is 1. The van der Waals surface area contributed by atoms with E-state index >= 15 is 0 Å². The zero-order chi connectivity index (χ0) is 10.3. The third-order valence-corrected chi connectivity index (χ3v) is 2.26. The van der Waals surface area contributed by atoms with Crippen molar-refractivity contribution in [2.75, 3.05) is 0 Å². The quantitative estimate of drug-likeness (QED) is 0.624. The second-order valence-electron chi connectivity index (χ2n) is 2.58. The summed E-state index contributed by atoms with van der Waals surface area (Å²) in [5.74, 6) is -0.638. The molecule has 1 heterocycles. The van der Waals surface area contributed by atoms with Crippen LogP contribution in [0.2, 0.25) is 0 Å². The average molecular weight is 259 g/mol. The van der Waals surface area contributed by atoms with Crippen LogP contribution in [-0.2, 0) is 0 Å². The number of non-ortho nitro benzene ring substituents is 1. The highest BCUT2D eigenvalue weighted by Gasteiger charge is 2.13. The number of nitro groups is 1. The topological polar surface area (TPSA) is 89.1 Å². The Bertz CT molecular complexity index is 571. The minimum Gasteiger partial charge on any atom is -0.407 e. The number of hydrogen-bond donors (Lipinski definition) is 1. The van der Waals surface area contributed by atoms with Gasteiger partial charge >= 0.3 is 5.76 Å². The van der Waals surface area contributed by atoms with Crippen LogP contribution in [0.15, 0.2) is 25.8 Å². The van der Waals surface area contributed by atoms with Gasteiger partial charge < -0.3 is 4.42 Å². The van der Waals surface area contributed by atoms with Crippen molar-refractivity contribution in [3.05, 3.63) is 37.3 Å². The predicted molar refractivity (Wildman–Crippen MR) is 51.2 cm³/mol. The molecule has 0 spiro atoms. The van der Waals surface area contributed by atoms with Crippen molar-refractivity contribution in [1.29, 1.82) is 0 Å². The number of nitro benzene ring substituents is 1. The Balaban J connectivity index is 2.84. The molecule has 0 saturated carbocycles. The maximum atomic E-state index is 10.8. The molecule has 0 radical (unpaired) electrons. The monoisotopic (exact) mass is 258 g/mol. The van der Waals surface area contributed by atoms with Gasteiger partial charge in [-0.25, -0.2) is 4.79 Å². The van der Waals surface area contributed by atoms with Crippen molar-refractivity contribution >= 4 is 32.7 Å². The molecule has 0 amide bonds. The fourth-order valence-corrected chi connectivity index (χ4v) is 1.64. The minimum absolute atomic E-state index is 0.110. The van der Waals surface area contributed by atoms with Crippen LogP contribution in [0.5, 0.6) is 0 Å². The van der Waals surface area contributed by atoms with Crippen molar-refractivity contribution in [1.82, 2.24) is 4.98 Å². The molecule has 6 nitrogen and oxygen atoms in total. The first-order valence-corrected chi connectivity index (χ1v) is 4.34. The number of nitrogens with zero attached hydrogens (tertiary/aromatic N) is 1.